The largest absolute Gasteiger partial charge is 0.463 e. The summed E-state index contributed by atoms with van der Waals surface area (Å²) in [7, 11) is -1.08. The highest BCUT2D eigenvalue weighted by molar-refractivity contribution is 7.89. The third kappa shape index (κ3) is 3.67. The number of esters is 1. The van der Waals surface area contributed by atoms with Crippen LogP contribution in [-0.2, 0) is 19.5 Å². The molecule has 1 aromatic heterocycles. The lowest BCUT2D eigenvalue weighted by Crippen LogP contribution is -2.52. The molecular formula is C13H20N2O6S. The first-order valence-electron chi connectivity index (χ1n) is 6.84. The molecule has 0 spiro atoms. The van der Waals surface area contributed by atoms with Crippen LogP contribution >= 0.6 is 0 Å². The van der Waals surface area contributed by atoms with Gasteiger partial charge in [0.15, 0.2) is 0 Å². The summed E-state index contributed by atoms with van der Waals surface area (Å²) < 4.78 is 41.6. The average molecular weight is 332 g/mol. The molecule has 1 unspecified atom stereocenters. The molecule has 0 amide bonds. The van der Waals surface area contributed by atoms with Crippen molar-refractivity contribution >= 4 is 16.0 Å². The van der Waals surface area contributed by atoms with Crippen LogP contribution in [0.2, 0.25) is 0 Å². The maximum Gasteiger partial charge on any atom is 0.374 e. The molecule has 0 bridgehead atoms. The number of carbonyl (C=O) groups is 1. The predicted molar refractivity (Wildman–Crippen MR) is 77.1 cm³/mol. The van der Waals surface area contributed by atoms with Gasteiger partial charge in [0.2, 0.25) is 10.9 Å². The standard InChI is InChI=1S/C13H20N2O6S/c1-19-9-13(6-3-7-14-13)8-15-22(17,18)11-5-4-10(21-11)12(16)20-2/h4-5,14-15H,3,6-9H2,1-2H3. The number of ether oxygens (including phenoxy) is 2. The minimum absolute atomic E-state index is 0.159. The van der Waals surface area contributed by atoms with Crippen LogP contribution in [0.25, 0.3) is 0 Å². The maximum atomic E-state index is 12.2. The fraction of sp³-hybridized carbons (Fsp3) is 0.615. The number of rotatable bonds is 7. The highest BCUT2D eigenvalue weighted by atomic mass is 32.2. The Kier molecular flexibility index (Phi) is 5.22. The van der Waals surface area contributed by atoms with Crippen molar-refractivity contribution in [1.29, 1.82) is 0 Å². The second-order valence-corrected chi connectivity index (χ2v) is 6.88. The van der Waals surface area contributed by atoms with E-state index in [2.05, 4.69) is 14.8 Å². The van der Waals surface area contributed by atoms with E-state index in [0.717, 1.165) is 19.4 Å². The van der Waals surface area contributed by atoms with Crippen LogP contribution in [0.3, 0.4) is 0 Å². The van der Waals surface area contributed by atoms with Crippen LogP contribution in [0.15, 0.2) is 21.6 Å². The van der Waals surface area contributed by atoms with E-state index < -0.39 is 21.5 Å². The molecule has 1 fully saturated rings. The molecule has 2 N–H and O–H groups in total. The number of methoxy groups -OCH3 is 2. The molecule has 0 aliphatic carbocycles. The first-order valence-corrected chi connectivity index (χ1v) is 8.32. The van der Waals surface area contributed by atoms with Gasteiger partial charge in [-0.05, 0) is 31.5 Å². The Bertz CT molecular complexity index is 618. The van der Waals surface area contributed by atoms with E-state index in [0.29, 0.717) is 6.61 Å². The fourth-order valence-corrected chi connectivity index (χ4v) is 3.50. The topological polar surface area (TPSA) is 107 Å². The number of furan rings is 1. The van der Waals surface area contributed by atoms with E-state index in [-0.39, 0.29) is 17.4 Å². The lowest BCUT2D eigenvalue weighted by atomic mass is 9.99. The summed E-state index contributed by atoms with van der Waals surface area (Å²) in [5.74, 6) is -0.886. The van der Waals surface area contributed by atoms with Crippen LogP contribution in [0, 0.1) is 0 Å². The molecule has 9 heteroatoms. The monoisotopic (exact) mass is 332 g/mol. The zero-order valence-electron chi connectivity index (χ0n) is 12.5. The normalized spacial score (nSPS) is 21.9. The molecule has 0 saturated carbocycles. The van der Waals surface area contributed by atoms with Crippen LogP contribution in [0.5, 0.6) is 0 Å². The van der Waals surface area contributed by atoms with Gasteiger partial charge in [-0.2, -0.15) is 0 Å². The molecule has 2 heterocycles. The first kappa shape index (κ1) is 16.9. The van der Waals surface area contributed by atoms with Gasteiger partial charge >= 0.3 is 5.97 Å². The minimum atomic E-state index is -3.85. The van der Waals surface area contributed by atoms with E-state index >= 15 is 0 Å². The molecule has 1 aromatic rings. The zero-order chi connectivity index (χ0) is 16.2. The van der Waals surface area contributed by atoms with Crippen molar-refractivity contribution in [3.63, 3.8) is 0 Å². The van der Waals surface area contributed by atoms with E-state index in [1.807, 2.05) is 0 Å². The number of carbonyl (C=O) groups excluding carboxylic acids is 1. The minimum Gasteiger partial charge on any atom is -0.463 e. The van der Waals surface area contributed by atoms with E-state index in [1.165, 1.54) is 19.2 Å². The molecule has 1 saturated heterocycles. The van der Waals surface area contributed by atoms with E-state index in [1.54, 1.807) is 7.11 Å². The third-order valence-corrected chi connectivity index (χ3v) is 4.86. The molecule has 0 radical (unpaired) electrons. The Morgan fingerprint density at radius 3 is 2.82 bits per heavy atom. The molecular weight excluding hydrogens is 312 g/mol. The van der Waals surface area contributed by atoms with Gasteiger partial charge < -0.3 is 19.2 Å². The Morgan fingerprint density at radius 2 is 2.23 bits per heavy atom. The highest BCUT2D eigenvalue weighted by Crippen LogP contribution is 2.20. The number of hydrogen-bond acceptors (Lipinski definition) is 7. The molecule has 1 aliphatic heterocycles. The van der Waals surface area contributed by atoms with E-state index in [9.17, 15) is 13.2 Å². The quantitative estimate of drug-likeness (QED) is 0.683. The van der Waals surface area contributed by atoms with Crippen LogP contribution in [0.4, 0.5) is 0 Å². The van der Waals surface area contributed by atoms with Crippen molar-refractivity contribution < 1.29 is 27.1 Å². The summed E-state index contributed by atoms with van der Waals surface area (Å²) in [6.45, 7) is 1.40. The fourth-order valence-electron chi connectivity index (χ4n) is 2.45. The first-order chi connectivity index (χ1) is 10.4. The molecule has 1 atom stereocenters. The molecule has 22 heavy (non-hydrogen) atoms. The second-order valence-electron chi connectivity index (χ2n) is 5.18. The van der Waals surface area contributed by atoms with Crippen molar-refractivity contribution in [2.24, 2.45) is 0 Å². The lowest BCUT2D eigenvalue weighted by Gasteiger charge is -2.28. The van der Waals surface area contributed by atoms with Gasteiger partial charge in [-0.15, -0.1) is 0 Å². The van der Waals surface area contributed by atoms with Crippen LogP contribution < -0.4 is 10.0 Å². The Labute approximate surface area is 129 Å². The van der Waals surface area contributed by atoms with Gasteiger partial charge in [0, 0.05) is 13.7 Å². The van der Waals surface area contributed by atoms with Crippen molar-refractivity contribution in [3.05, 3.63) is 17.9 Å². The SMILES string of the molecule is COCC1(CNS(=O)(=O)c2ccc(C(=O)OC)o2)CCCN1. The number of hydrogen-bond donors (Lipinski definition) is 2. The summed E-state index contributed by atoms with van der Waals surface area (Å²) in [6.07, 6.45) is 1.77. The highest BCUT2D eigenvalue weighted by Gasteiger charge is 2.35. The van der Waals surface area contributed by atoms with Gasteiger partial charge in [-0.25, -0.2) is 17.9 Å². The molecule has 1 aliphatic rings. The van der Waals surface area contributed by atoms with Gasteiger partial charge in [0.05, 0.1) is 19.3 Å². The van der Waals surface area contributed by atoms with Gasteiger partial charge in [0.1, 0.15) is 0 Å². The van der Waals surface area contributed by atoms with E-state index in [4.69, 9.17) is 9.15 Å². The summed E-state index contributed by atoms with van der Waals surface area (Å²) in [6, 6.07) is 2.48. The number of nitrogens with one attached hydrogen (secondary N) is 2. The molecule has 8 nitrogen and oxygen atoms in total. The predicted octanol–water partition coefficient (Wildman–Crippen LogP) is 0.113. The summed E-state index contributed by atoms with van der Waals surface area (Å²) in [5, 5.41) is 2.95. The van der Waals surface area contributed by atoms with Crippen LogP contribution in [-0.4, -0.2) is 53.8 Å². The second kappa shape index (κ2) is 6.78. The molecule has 2 rings (SSSR count). The smallest absolute Gasteiger partial charge is 0.374 e. The van der Waals surface area contributed by atoms with Gasteiger partial charge in [0.25, 0.3) is 10.0 Å². The number of sulfonamides is 1. The van der Waals surface area contributed by atoms with Crippen LogP contribution in [0.1, 0.15) is 23.4 Å². The summed E-state index contributed by atoms with van der Waals surface area (Å²) >= 11 is 0. The maximum absolute atomic E-state index is 12.2. The summed E-state index contributed by atoms with van der Waals surface area (Å²) in [5.41, 5.74) is -0.417. The average Bonchev–Trinajstić information content (AvgIpc) is 3.15. The third-order valence-electron chi connectivity index (χ3n) is 3.59. The molecule has 124 valence electrons. The summed E-state index contributed by atoms with van der Waals surface area (Å²) in [4.78, 5) is 11.3. The lowest BCUT2D eigenvalue weighted by molar-refractivity contribution is 0.0559. The molecule has 0 aromatic carbocycles. The Morgan fingerprint density at radius 1 is 1.45 bits per heavy atom. The Hall–Kier alpha value is -1.42. The Balaban J connectivity index is 2.07. The van der Waals surface area contributed by atoms with Crippen molar-refractivity contribution in [2.75, 3.05) is 33.9 Å². The van der Waals surface area contributed by atoms with Crippen molar-refractivity contribution in [1.82, 2.24) is 10.0 Å². The van der Waals surface area contributed by atoms with Crippen molar-refractivity contribution in [3.8, 4) is 0 Å². The van der Waals surface area contributed by atoms with Gasteiger partial charge in [-0.3, -0.25) is 0 Å². The van der Waals surface area contributed by atoms with Gasteiger partial charge in [-0.1, -0.05) is 0 Å². The zero-order valence-corrected chi connectivity index (χ0v) is 13.4. The van der Waals surface area contributed by atoms with Crippen molar-refractivity contribution in [2.45, 2.75) is 23.5 Å².